The molecule has 0 rings (SSSR count). The normalized spacial score (nSPS) is 8.73. The van der Waals surface area contributed by atoms with Crippen LogP contribution in [0.2, 0.25) is 0 Å². The molecule has 0 radical (unpaired) electrons. The highest BCUT2D eigenvalue weighted by molar-refractivity contribution is 4.31. The molecule has 0 aromatic rings. The van der Waals surface area contributed by atoms with Crippen LogP contribution in [-0.2, 0) is 0 Å². The van der Waals surface area contributed by atoms with E-state index in [0.717, 1.165) is 19.3 Å². The third-order valence-electron chi connectivity index (χ3n) is 1.44. The molecule has 0 aromatic carbocycles. The fraction of sp³-hybridized carbons (Fsp3) is 1.00. The lowest BCUT2D eigenvalue weighted by Crippen LogP contribution is -1.72. The highest BCUT2D eigenvalue weighted by atomic mass is 19.1. The van der Waals surface area contributed by atoms with Crippen molar-refractivity contribution in [1.82, 2.24) is 0 Å². The van der Waals surface area contributed by atoms with Gasteiger partial charge in [-0.25, -0.2) is 0 Å². The first-order valence-electron chi connectivity index (χ1n) is 4.89. The van der Waals surface area contributed by atoms with E-state index in [1.165, 1.54) is 19.3 Å². The predicted molar refractivity (Wildman–Crippen MR) is 50.7 cm³/mol. The first-order chi connectivity index (χ1) is 5.33. The predicted octanol–water partition coefficient (Wildman–Crippen LogP) is 4.34. The Balaban J connectivity index is 0. The van der Waals surface area contributed by atoms with Crippen molar-refractivity contribution >= 4 is 0 Å². The molecule has 0 aliphatic rings. The quantitative estimate of drug-likeness (QED) is 0.527. The van der Waals surface area contributed by atoms with Gasteiger partial charge in [0.1, 0.15) is 0 Å². The van der Waals surface area contributed by atoms with Gasteiger partial charge in [-0.05, 0) is 6.42 Å². The van der Waals surface area contributed by atoms with Crippen molar-refractivity contribution in [3.63, 3.8) is 0 Å². The number of hydrogen-bond donors (Lipinski definition) is 0. The molecule has 11 heavy (non-hydrogen) atoms. The van der Waals surface area contributed by atoms with Crippen LogP contribution in [0, 0.1) is 0 Å². The minimum Gasteiger partial charge on any atom is -0.251 e. The number of halogens is 1. The third kappa shape index (κ3) is 25.7. The summed E-state index contributed by atoms with van der Waals surface area (Å²) in [5, 5.41) is 0. The van der Waals surface area contributed by atoms with E-state index < -0.39 is 0 Å². The van der Waals surface area contributed by atoms with Gasteiger partial charge >= 0.3 is 0 Å². The molecule has 0 amide bonds. The Bertz CT molecular complexity index is 38.1. The molecule has 0 bridgehead atoms. The lowest BCUT2D eigenvalue weighted by Gasteiger charge is -1.84. The first-order valence-corrected chi connectivity index (χ1v) is 4.89. The van der Waals surface area contributed by atoms with Gasteiger partial charge in [-0.3, -0.25) is 4.39 Å². The van der Waals surface area contributed by atoms with Crippen molar-refractivity contribution in [2.45, 2.75) is 59.3 Å². The molecule has 0 atom stereocenters. The standard InChI is InChI=1S/C5H11F.C5H12/c1-2-3-4-5-6;1-3-5-4-2/h2-5H2,1H3;3-5H2,1-2H3. The van der Waals surface area contributed by atoms with Crippen LogP contribution in [0.4, 0.5) is 4.39 Å². The zero-order valence-corrected chi connectivity index (χ0v) is 8.33. The average molecular weight is 162 g/mol. The van der Waals surface area contributed by atoms with Crippen LogP contribution in [-0.4, -0.2) is 6.67 Å². The van der Waals surface area contributed by atoms with Crippen molar-refractivity contribution in [3.8, 4) is 0 Å². The summed E-state index contributed by atoms with van der Waals surface area (Å²) in [5.74, 6) is 0. The van der Waals surface area contributed by atoms with E-state index in [-0.39, 0.29) is 6.67 Å². The van der Waals surface area contributed by atoms with Gasteiger partial charge in [-0.15, -0.1) is 0 Å². The van der Waals surface area contributed by atoms with Crippen molar-refractivity contribution < 1.29 is 4.39 Å². The number of rotatable bonds is 5. The number of alkyl halides is 1. The van der Waals surface area contributed by atoms with Gasteiger partial charge in [0, 0.05) is 0 Å². The topological polar surface area (TPSA) is 0 Å². The highest BCUT2D eigenvalue weighted by Gasteiger charge is 1.78. The lowest BCUT2D eigenvalue weighted by molar-refractivity contribution is 0.460. The molecule has 0 saturated carbocycles. The number of hydrogen-bond acceptors (Lipinski definition) is 0. The summed E-state index contributed by atoms with van der Waals surface area (Å²) in [6, 6.07) is 0. The third-order valence-corrected chi connectivity index (χ3v) is 1.44. The van der Waals surface area contributed by atoms with Crippen molar-refractivity contribution in [1.29, 1.82) is 0 Å². The molecule has 0 heterocycles. The Kier molecular flexibility index (Phi) is 20.3. The summed E-state index contributed by atoms with van der Waals surface area (Å²) in [6.07, 6.45) is 6.98. The van der Waals surface area contributed by atoms with Gasteiger partial charge in [-0.1, -0.05) is 52.9 Å². The molecular weight excluding hydrogens is 139 g/mol. The molecule has 0 unspecified atom stereocenters. The molecule has 0 N–H and O–H groups in total. The summed E-state index contributed by atoms with van der Waals surface area (Å²) in [6.45, 7) is 6.34. The Morgan fingerprint density at radius 3 is 1.27 bits per heavy atom. The van der Waals surface area contributed by atoms with E-state index in [4.69, 9.17) is 0 Å². The van der Waals surface area contributed by atoms with Crippen LogP contribution in [0.5, 0.6) is 0 Å². The van der Waals surface area contributed by atoms with Crippen LogP contribution in [0.15, 0.2) is 0 Å². The van der Waals surface area contributed by atoms with Crippen LogP contribution in [0.1, 0.15) is 59.3 Å². The lowest BCUT2D eigenvalue weighted by atomic mass is 10.3. The van der Waals surface area contributed by atoms with Crippen molar-refractivity contribution in [2.75, 3.05) is 6.67 Å². The van der Waals surface area contributed by atoms with Gasteiger partial charge in [0.05, 0.1) is 6.67 Å². The van der Waals surface area contributed by atoms with Crippen LogP contribution >= 0.6 is 0 Å². The van der Waals surface area contributed by atoms with E-state index in [0.29, 0.717) is 0 Å². The summed E-state index contributed by atoms with van der Waals surface area (Å²) in [4.78, 5) is 0. The zero-order valence-electron chi connectivity index (χ0n) is 8.33. The van der Waals surface area contributed by atoms with Gasteiger partial charge in [0.2, 0.25) is 0 Å². The van der Waals surface area contributed by atoms with Gasteiger partial charge in [0.25, 0.3) is 0 Å². The molecule has 0 nitrogen and oxygen atoms in total. The van der Waals surface area contributed by atoms with Crippen LogP contribution < -0.4 is 0 Å². The van der Waals surface area contributed by atoms with E-state index in [1.54, 1.807) is 0 Å². The van der Waals surface area contributed by atoms with Gasteiger partial charge in [0.15, 0.2) is 0 Å². The van der Waals surface area contributed by atoms with Gasteiger partial charge < -0.3 is 0 Å². The maximum Gasteiger partial charge on any atom is 0.0894 e. The van der Waals surface area contributed by atoms with E-state index in [2.05, 4.69) is 20.8 Å². The number of unbranched alkanes of at least 4 members (excludes halogenated alkanes) is 4. The highest BCUT2D eigenvalue weighted by Crippen LogP contribution is 1.91. The van der Waals surface area contributed by atoms with E-state index in [1.807, 2.05) is 0 Å². The summed E-state index contributed by atoms with van der Waals surface area (Å²) in [7, 11) is 0. The average Bonchev–Trinajstić information content (AvgIpc) is 2.04. The summed E-state index contributed by atoms with van der Waals surface area (Å²) >= 11 is 0. The van der Waals surface area contributed by atoms with Crippen molar-refractivity contribution in [3.05, 3.63) is 0 Å². The molecule has 0 aliphatic heterocycles. The smallest absolute Gasteiger partial charge is 0.0894 e. The van der Waals surface area contributed by atoms with Crippen molar-refractivity contribution in [2.24, 2.45) is 0 Å². The van der Waals surface area contributed by atoms with E-state index >= 15 is 0 Å². The monoisotopic (exact) mass is 162 g/mol. The largest absolute Gasteiger partial charge is 0.251 e. The molecular formula is C10H23F. The minimum atomic E-state index is -0.145. The molecule has 0 fully saturated rings. The first kappa shape index (κ1) is 13.5. The summed E-state index contributed by atoms with van der Waals surface area (Å²) < 4.78 is 11.2. The summed E-state index contributed by atoms with van der Waals surface area (Å²) in [5.41, 5.74) is 0. The van der Waals surface area contributed by atoms with Gasteiger partial charge in [-0.2, -0.15) is 0 Å². The zero-order chi connectivity index (χ0) is 8.95. The van der Waals surface area contributed by atoms with E-state index in [9.17, 15) is 4.39 Å². The second-order valence-electron chi connectivity index (χ2n) is 2.75. The Labute approximate surface area is 71.2 Å². The Hall–Kier alpha value is -0.0700. The SMILES string of the molecule is CCCCC.CCCCCF. The second-order valence-corrected chi connectivity index (χ2v) is 2.75. The Morgan fingerprint density at radius 1 is 0.727 bits per heavy atom. The molecule has 0 aliphatic carbocycles. The molecule has 0 saturated heterocycles. The fourth-order valence-corrected chi connectivity index (χ4v) is 0.698. The Morgan fingerprint density at radius 2 is 1.18 bits per heavy atom. The second kappa shape index (κ2) is 16.5. The van der Waals surface area contributed by atoms with Crippen LogP contribution in [0.3, 0.4) is 0 Å². The minimum absolute atomic E-state index is 0.145. The molecule has 0 aromatic heterocycles. The molecule has 0 spiro atoms. The maximum absolute atomic E-state index is 11.2. The molecule has 1 heteroatoms. The molecule has 70 valence electrons. The maximum atomic E-state index is 11.2. The van der Waals surface area contributed by atoms with Crippen LogP contribution in [0.25, 0.3) is 0 Å². The fourth-order valence-electron chi connectivity index (χ4n) is 0.698.